The lowest BCUT2D eigenvalue weighted by Gasteiger charge is -2.49. The molecule has 1 unspecified atom stereocenters. The number of nitrogens with zero attached hydrogens (tertiary/aromatic N) is 1. The Balaban J connectivity index is 1.84. The maximum Gasteiger partial charge on any atom is 0.340 e. The normalized spacial score (nSPS) is 19.8. The molecule has 172 valence electrons. The number of nitrogens with one attached hydrogen (secondary N) is 1. The molecule has 0 spiro atoms. The number of aromatic amines is 1. The van der Waals surface area contributed by atoms with Gasteiger partial charge in [-0.05, 0) is 49.6 Å². The first-order valence-corrected chi connectivity index (χ1v) is 10.8. The second-order valence-electron chi connectivity index (χ2n) is 8.55. The molecule has 0 aliphatic carbocycles. The predicted molar refractivity (Wildman–Crippen MR) is 123 cm³/mol. The third-order valence-corrected chi connectivity index (χ3v) is 6.94. The summed E-state index contributed by atoms with van der Waals surface area (Å²) >= 11 is 0. The molecule has 1 aromatic heterocycles. The summed E-state index contributed by atoms with van der Waals surface area (Å²) in [4.78, 5) is 43.9. The number of aromatic nitrogens is 1. The third kappa shape index (κ3) is 2.62. The van der Waals surface area contributed by atoms with E-state index in [4.69, 9.17) is 0 Å². The van der Waals surface area contributed by atoms with Crippen LogP contribution in [-0.2, 0) is 21.5 Å². The number of hydrogen-bond donors (Lipinski definition) is 4. The van der Waals surface area contributed by atoms with Gasteiger partial charge in [0.1, 0.15) is 5.75 Å². The highest BCUT2D eigenvalue weighted by Gasteiger charge is 2.59. The van der Waals surface area contributed by atoms with Gasteiger partial charge in [-0.25, -0.2) is 9.59 Å². The van der Waals surface area contributed by atoms with E-state index in [1.165, 1.54) is 24.0 Å². The van der Waals surface area contributed by atoms with Crippen LogP contribution in [-0.4, -0.2) is 49.5 Å². The molecule has 5 rings (SSSR count). The molecule has 0 fully saturated rings. The number of benzene rings is 2. The van der Waals surface area contributed by atoms with Crippen LogP contribution >= 0.6 is 0 Å². The smallest absolute Gasteiger partial charge is 0.340 e. The average Bonchev–Trinajstić information content (AvgIpc) is 3.18. The summed E-state index contributed by atoms with van der Waals surface area (Å²) in [6.07, 6.45) is 0.468. The minimum absolute atomic E-state index is 0.0204. The number of fused-ring (bicyclic) bond motifs is 5. The van der Waals surface area contributed by atoms with Gasteiger partial charge >= 0.3 is 11.9 Å². The Kier molecular flexibility index (Phi) is 4.65. The quantitative estimate of drug-likeness (QED) is 0.440. The number of carboxylic acid groups (broad SMARTS) is 2. The van der Waals surface area contributed by atoms with Crippen molar-refractivity contribution in [2.75, 3.05) is 6.54 Å². The maximum absolute atomic E-state index is 13.5. The van der Waals surface area contributed by atoms with Crippen LogP contribution in [0.2, 0.25) is 0 Å². The highest BCUT2D eigenvalue weighted by atomic mass is 16.4. The Hall–Kier alpha value is -4.33. The fourth-order valence-electron chi connectivity index (χ4n) is 5.56. The first-order valence-electron chi connectivity index (χ1n) is 10.8. The number of para-hydroxylation sites is 2. The van der Waals surface area contributed by atoms with Crippen LogP contribution < -0.4 is 0 Å². The lowest BCUT2D eigenvalue weighted by Crippen LogP contribution is -2.59. The number of ketones is 1. The summed E-state index contributed by atoms with van der Waals surface area (Å²) < 4.78 is 0. The molecule has 8 heteroatoms. The number of carbonyl (C=O) groups is 3. The Labute approximate surface area is 194 Å². The number of phenols is 1. The number of H-pyrrole nitrogens is 1. The zero-order valence-corrected chi connectivity index (χ0v) is 18.5. The van der Waals surface area contributed by atoms with Crippen molar-refractivity contribution >= 4 is 28.6 Å². The van der Waals surface area contributed by atoms with Crippen molar-refractivity contribution in [3.8, 4) is 5.75 Å². The maximum atomic E-state index is 13.5. The van der Waals surface area contributed by atoms with Gasteiger partial charge in [0.2, 0.25) is 5.54 Å². The molecule has 8 nitrogen and oxygen atoms in total. The molecule has 2 aromatic carbocycles. The first-order chi connectivity index (χ1) is 16.2. The summed E-state index contributed by atoms with van der Waals surface area (Å²) in [6, 6.07) is 13.4. The van der Waals surface area contributed by atoms with E-state index in [1.807, 2.05) is 24.3 Å². The molecule has 0 saturated heterocycles. The van der Waals surface area contributed by atoms with Gasteiger partial charge in [0.15, 0.2) is 5.78 Å². The standard InChI is InChI=1S/C26H22N2O6/c1-13-20(22(30)17-8-4-6-10-19(17)29)14(2)28-12-11-16-15-7-3-5-9-18(15)27-23(16)26(28,25(33)34)21(13)24(31)32/h3-10,27,29H,11-12H2,1-2H3,(H,31,32)(H,33,34). The topological polar surface area (TPSA) is 131 Å². The van der Waals surface area contributed by atoms with Crippen LogP contribution in [0.3, 0.4) is 0 Å². The second kappa shape index (κ2) is 7.34. The number of Topliss-reactive ketones (excluding diaryl/α,β-unsaturated/α-hetero) is 1. The van der Waals surface area contributed by atoms with Gasteiger partial charge in [-0.1, -0.05) is 30.3 Å². The van der Waals surface area contributed by atoms with Gasteiger partial charge in [-0.3, -0.25) is 4.79 Å². The molecular formula is C26H22N2O6. The van der Waals surface area contributed by atoms with Crippen molar-refractivity contribution in [1.29, 1.82) is 0 Å². The van der Waals surface area contributed by atoms with Gasteiger partial charge in [-0.15, -0.1) is 0 Å². The zero-order valence-electron chi connectivity index (χ0n) is 18.5. The average molecular weight is 458 g/mol. The van der Waals surface area contributed by atoms with Crippen LogP contribution in [0.4, 0.5) is 0 Å². The van der Waals surface area contributed by atoms with E-state index in [0.717, 1.165) is 16.5 Å². The van der Waals surface area contributed by atoms with E-state index < -0.39 is 28.8 Å². The minimum Gasteiger partial charge on any atom is -0.507 e. The Morgan fingerprint density at radius 1 is 1.00 bits per heavy atom. The number of allylic oxidation sites excluding steroid dienone is 3. The monoisotopic (exact) mass is 458 g/mol. The number of rotatable bonds is 4. The second-order valence-corrected chi connectivity index (χ2v) is 8.55. The van der Waals surface area contributed by atoms with E-state index in [1.54, 1.807) is 19.1 Å². The molecule has 0 saturated carbocycles. The number of hydrogen-bond acceptors (Lipinski definition) is 5. The number of aliphatic carboxylic acids is 2. The predicted octanol–water partition coefficient (Wildman–Crippen LogP) is 3.58. The molecule has 3 heterocycles. The molecule has 0 amide bonds. The van der Waals surface area contributed by atoms with E-state index >= 15 is 0 Å². The lowest BCUT2D eigenvalue weighted by atomic mass is 9.72. The summed E-state index contributed by atoms with van der Waals surface area (Å²) in [6.45, 7) is 3.29. The van der Waals surface area contributed by atoms with E-state index in [2.05, 4.69) is 4.98 Å². The lowest BCUT2D eigenvalue weighted by molar-refractivity contribution is -0.153. The van der Waals surface area contributed by atoms with Crippen molar-refractivity contribution in [3.63, 3.8) is 0 Å². The fourth-order valence-corrected chi connectivity index (χ4v) is 5.56. The molecule has 4 N–H and O–H groups in total. The minimum atomic E-state index is -2.03. The Morgan fingerprint density at radius 3 is 2.35 bits per heavy atom. The highest BCUT2D eigenvalue weighted by Crippen LogP contribution is 2.51. The van der Waals surface area contributed by atoms with Crippen LogP contribution in [0.15, 0.2) is 70.9 Å². The van der Waals surface area contributed by atoms with Crippen LogP contribution in [0, 0.1) is 0 Å². The largest absolute Gasteiger partial charge is 0.507 e. The fraction of sp³-hybridized carbons (Fsp3) is 0.192. The summed E-state index contributed by atoms with van der Waals surface area (Å²) in [7, 11) is 0. The van der Waals surface area contributed by atoms with E-state index in [9.17, 15) is 29.7 Å². The number of aromatic hydroxyl groups is 1. The molecule has 1 atom stereocenters. The number of carboxylic acids is 2. The van der Waals surface area contributed by atoms with Crippen molar-refractivity contribution < 1.29 is 29.7 Å². The molecule has 2 aliphatic rings. The molecule has 34 heavy (non-hydrogen) atoms. The van der Waals surface area contributed by atoms with Gasteiger partial charge in [0.25, 0.3) is 0 Å². The van der Waals surface area contributed by atoms with Gasteiger partial charge in [0.05, 0.1) is 16.8 Å². The van der Waals surface area contributed by atoms with Gasteiger partial charge < -0.3 is 25.2 Å². The van der Waals surface area contributed by atoms with Gasteiger partial charge in [-0.2, -0.15) is 0 Å². The number of phenolic OH excluding ortho intramolecular Hbond substituents is 1. The van der Waals surface area contributed by atoms with E-state index in [-0.39, 0.29) is 34.7 Å². The van der Waals surface area contributed by atoms with Crippen LogP contribution in [0.5, 0.6) is 5.75 Å². The molecule has 3 aromatic rings. The van der Waals surface area contributed by atoms with Gasteiger partial charge in [0, 0.05) is 28.7 Å². The zero-order chi connectivity index (χ0) is 24.4. The molecule has 0 bridgehead atoms. The van der Waals surface area contributed by atoms with Crippen molar-refractivity contribution in [3.05, 3.63) is 87.8 Å². The van der Waals surface area contributed by atoms with Crippen LogP contribution in [0.1, 0.15) is 35.5 Å². The molecular weight excluding hydrogens is 436 g/mol. The SMILES string of the molecule is CC1=C(C(=O)O)C2(C(=O)O)c3[nH]c4ccccc4c3CCN2C(C)=C1C(=O)c1ccccc1O. The summed E-state index contributed by atoms with van der Waals surface area (Å²) in [5.41, 5.74) is -0.156. The summed E-state index contributed by atoms with van der Waals surface area (Å²) in [5, 5.41) is 32.1. The van der Waals surface area contributed by atoms with E-state index in [0.29, 0.717) is 12.1 Å². The molecule has 0 radical (unpaired) electrons. The molecule has 2 aliphatic heterocycles. The summed E-state index contributed by atoms with van der Waals surface area (Å²) in [5.74, 6) is -3.56. The Morgan fingerprint density at radius 2 is 1.68 bits per heavy atom. The van der Waals surface area contributed by atoms with Crippen molar-refractivity contribution in [2.45, 2.75) is 25.8 Å². The Bertz CT molecular complexity index is 1480. The van der Waals surface area contributed by atoms with Crippen molar-refractivity contribution in [2.24, 2.45) is 0 Å². The first kappa shape index (κ1) is 21.5. The number of carbonyl (C=O) groups excluding carboxylic acids is 1. The van der Waals surface area contributed by atoms with Crippen molar-refractivity contribution in [1.82, 2.24) is 9.88 Å². The van der Waals surface area contributed by atoms with Crippen LogP contribution in [0.25, 0.3) is 10.9 Å². The third-order valence-electron chi connectivity index (χ3n) is 6.94. The highest BCUT2D eigenvalue weighted by molar-refractivity contribution is 6.16.